The number of ether oxygens (including phenoxy) is 2. The number of esters is 1. The van der Waals surface area contributed by atoms with E-state index in [0.29, 0.717) is 29.6 Å². The number of rotatable bonds is 5. The summed E-state index contributed by atoms with van der Waals surface area (Å²) < 4.78 is 13.5. The zero-order chi connectivity index (χ0) is 18.0. The summed E-state index contributed by atoms with van der Waals surface area (Å²) in [5, 5.41) is 7.40. The zero-order valence-corrected chi connectivity index (χ0v) is 15.8. The number of aromatic nitrogens is 3. The van der Waals surface area contributed by atoms with Crippen LogP contribution in [-0.4, -0.2) is 34.5 Å². The Morgan fingerprint density at radius 3 is 2.96 bits per heavy atom. The first-order valence-electron chi connectivity index (χ1n) is 7.94. The summed E-state index contributed by atoms with van der Waals surface area (Å²) in [5.74, 6) is 0.849. The minimum Gasteiger partial charge on any atom is -0.493 e. The molecular weight excluding hydrogens is 388 g/mol. The molecule has 1 unspecified atom stereocenters. The number of halogens is 1. The Morgan fingerprint density at radius 1 is 1.44 bits per heavy atom. The lowest BCUT2D eigenvalue weighted by Crippen LogP contribution is -2.29. The van der Waals surface area contributed by atoms with Crippen LogP contribution in [0.15, 0.2) is 40.3 Å². The van der Waals surface area contributed by atoms with E-state index >= 15 is 0 Å². The first-order valence-corrected chi connectivity index (χ1v) is 8.74. The second-order valence-corrected chi connectivity index (χ2v) is 6.53. The molecule has 7 nitrogen and oxygen atoms in total. The normalized spacial score (nSPS) is 16.2. The summed E-state index contributed by atoms with van der Waals surface area (Å²) in [5.41, 5.74) is 1.97. The highest BCUT2D eigenvalue weighted by molar-refractivity contribution is 9.10. The van der Waals surface area contributed by atoms with Gasteiger partial charge in [0, 0.05) is 15.7 Å². The zero-order valence-electron chi connectivity index (χ0n) is 14.2. The van der Waals surface area contributed by atoms with Crippen LogP contribution in [0.4, 0.5) is 5.95 Å². The van der Waals surface area contributed by atoms with Crippen molar-refractivity contribution in [3.63, 3.8) is 0 Å². The molecule has 8 heteroatoms. The van der Waals surface area contributed by atoms with Crippen molar-refractivity contribution in [1.29, 1.82) is 0 Å². The van der Waals surface area contributed by atoms with E-state index in [9.17, 15) is 4.79 Å². The highest BCUT2D eigenvalue weighted by atomic mass is 79.9. The summed E-state index contributed by atoms with van der Waals surface area (Å²) in [6.45, 7) is 4.45. The molecule has 3 rings (SSSR count). The number of allylic oxidation sites excluding steroid dienone is 1. The molecule has 0 saturated carbocycles. The number of nitrogens with one attached hydrogen (secondary N) is 1. The molecular formula is C17H19BrN4O3. The molecule has 0 spiro atoms. The average molecular weight is 407 g/mol. The molecule has 0 saturated heterocycles. The van der Waals surface area contributed by atoms with E-state index in [1.54, 1.807) is 4.68 Å². The number of carbonyl (C=O) groups excluding carboxylic acids is 1. The van der Waals surface area contributed by atoms with E-state index in [-0.39, 0.29) is 0 Å². The van der Waals surface area contributed by atoms with Crippen LogP contribution in [0.5, 0.6) is 5.75 Å². The Kier molecular flexibility index (Phi) is 5.08. The molecule has 2 aromatic rings. The van der Waals surface area contributed by atoms with Crippen molar-refractivity contribution in [2.45, 2.75) is 26.3 Å². The van der Waals surface area contributed by atoms with Gasteiger partial charge in [-0.15, -0.1) is 0 Å². The summed E-state index contributed by atoms with van der Waals surface area (Å²) in [7, 11) is 1.37. The van der Waals surface area contributed by atoms with E-state index in [2.05, 4.69) is 31.3 Å². The molecule has 1 N–H and O–H groups in total. The Balaban J connectivity index is 2.19. The van der Waals surface area contributed by atoms with Gasteiger partial charge in [-0.05, 0) is 31.5 Å². The monoisotopic (exact) mass is 406 g/mol. The first kappa shape index (κ1) is 17.5. The average Bonchev–Trinajstić information content (AvgIpc) is 3.06. The molecule has 1 atom stereocenters. The summed E-state index contributed by atoms with van der Waals surface area (Å²) in [4.78, 5) is 16.7. The number of fused-ring (bicyclic) bond motifs is 1. The van der Waals surface area contributed by atoms with Crippen molar-refractivity contribution in [2.75, 3.05) is 19.0 Å². The van der Waals surface area contributed by atoms with Gasteiger partial charge >= 0.3 is 5.97 Å². The minimum absolute atomic E-state index is 0.419. The van der Waals surface area contributed by atoms with Gasteiger partial charge in [0.2, 0.25) is 5.95 Å². The third kappa shape index (κ3) is 3.26. The predicted molar refractivity (Wildman–Crippen MR) is 96.4 cm³/mol. The van der Waals surface area contributed by atoms with Gasteiger partial charge in [0.15, 0.2) is 0 Å². The Labute approximate surface area is 154 Å². The molecule has 25 heavy (non-hydrogen) atoms. The van der Waals surface area contributed by atoms with Crippen LogP contribution < -0.4 is 10.1 Å². The van der Waals surface area contributed by atoms with Crippen molar-refractivity contribution in [2.24, 2.45) is 0 Å². The summed E-state index contributed by atoms with van der Waals surface area (Å²) >= 11 is 3.50. The smallest absolute Gasteiger partial charge is 0.338 e. The van der Waals surface area contributed by atoms with Gasteiger partial charge in [-0.2, -0.15) is 10.1 Å². The van der Waals surface area contributed by atoms with Gasteiger partial charge in [-0.1, -0.05) is 22.9 Å². The standard InChI is InChI=1S/C17H19BrN4O3/c1-4-7-25-13-6-5-11(18)8-12(13)15-14(16(23)24-3)10(2)21-17-19-9-20-22(15)17/h5-6,8-9,15H,4,7H2,1-3H3,(H,19,20,21). The van der Waals surface area contributed by atoms with Crippen LogP contribution in [0.1, 0.15) is 31.9 Å². The van der Waals surface area contributed by atoms with Crippen molar-refractivity contribution >= 4 is 27.8 Å². The number of carbonyl (C=O) groups is 1. The molecule has 1 aromatic heterocycles. The summed E-state index contributed by atoms with van der Waals surface area (Å²) in [6.07, 6.45) is 2.34. The molecule has 132 valence electrons. The number of hydrogen-bond acceptors (Lipinski definition) is 6. The second-order valence-electron chi connectivity index (χ2n) is 5.62. The van der Waals surface area contributed by atoms with Crippen LogP contribution in [0, 0.1) is 0 Å². The van der Waals surface area contributed by atoms with Crippen LogP contribution in [-0.2, 0) is 9.53 Å². The van der Waals surface area contributed by atoms with E-state index in [1.807, 2.05) is 32.0 Å². The van der Waals surface area contributed by atoms with Crippen LogP contribution in [0.2, 0.25) is 0 Å². The van der Waals surface area contributed by atoms with Crippen molar-refractivity contribution in [3.05, 3.63) is 45.8 Å². The lowest BCUT2D eigenvalue weighted by molar-refractivity contribution is -0.136. The molecule has 0 bridgehead atoms. The van der Waals surface area contributed by atoms with E-state index in [0.717, 1.165) is 16.5 Å². The van der Waals surface area contributed by atoms with Crippen LogP contribution in [0.25, 0.3) is 0 Å². The predicted octanol–water partition coefficient (Wildman–Crippen LogP) is 3.29. The molecule has 1 aliphatic heterocycles. The fraction of sp³-hybridized carbons (Fsp3) is 0.353. The van der Waals surface area contributed by atoms with Gasteiger partial charge in [-0.25, -0.2) is 9.48 Å². The number of anilines is 1. The number of methoxy groups -OCH3 is 1. The molecule has 0 radical (unpaired) electrons. The third-order valence-corrected chi connectivity index (χ3v) is 4.42. The summed E-state index contributed by atoms with van der Waals surface area (Å²) in [6, 6.07) is 5.24. The maximum atomic E-state index is 12.5. The van der Waals surface area contributed by atoms with Gasteiger partial charge < -0.3 is 14.8 Å². The maximum absolute atomic E-state index is 12.5. The fourth-order valence-corrected chi connectivity index (χ4v) is 3.21. The fourth-order valence-electron chi connectivity index (χ4n) is 2.83. The lowest BCUT2D eigenvalue weighted by Gasteiger charge is -2.29. The Bertz CT molecular complexity index is 831. The number of benzene rings is 1. The van der Waals surface area contributed by atoms with Gasteiger partial charge in [0.25, 0.3) is 0 Å². The van der Waals surface area contributed by atoms with E-state index in [1.165, 1.54) is 13.4 Å². The number of hydrogen-bond donors (Lipinski definition) is 1. The Morgan fingerprint density at radius 2 is 2.24 bits per heavy atom. The molecule has 1 aliphatic rings. The van der Waals surface area contributed by atoms with Crippen LogP contribution >= 0.6 is 15.9 Å². The van der Waals surface area contributed by atoms with Crippen LogP contribution in [0.3, 0.4) is 0 Å². The van der Waals surface area contributed by atoms with Gasteiger partial charge in [-0.3, -0.25) is 0 Å². The topological polar surface area (TPSA) is 78.3 Å². The van der Waals surface area contributed by atoms with E-state index < -0.39 is 12.0 Å². The second kappa shape index (κ2) is 7.26. The molecule has 1 aromatic carbocycles. The molecule has 0 aliphatic carbocycles. The largest absolute Gasteiger partial charge is 0.493 e. The maximum Gasteiger partial charge on any atom is 0.338 e. The van der Waals surface area contributed by atoms with Gasteiger partial charge in [0.1, 0.15) is 18.1 Å². The quantitative estimate of drug-likeness (QED) is 0.767. The van der Waals surface area contributed by atoms with Crippen molar-refractivity contribution in [1.82, 2.24) is 14.8 Å². The highest BCUT2D eigenvalue weighted by Gasteiger charge is 2.35. The highest BCUT2D eigenvalue weighted by Crippen LogP contribution is 2.40. The van der Waals surface area contributed by atoms with Gasteiger partial charge in [0.05, 0.1) is 19.3 Å². The minimum atomic E-state index is -0.490. The van der Waals surface area contributed by atoms with E-state index in [4.69, 9.17) is 9.47 Å². The third-order valence-electron chi connectivity index (χ3n) is 3.93. The molecule has 0 amide bonds. The first-order chi connectivity index (χ1) is 12.1. The molecule has 2 heterocycles. The Hall–Kier alpha value is -2.35. The lowest BCUT2D eigenvalue weighted by atomic mass is 9.95. The number of nitrogens with zero attached hydrogens (tertiary/aromatic N) is 3. The SMILES string of the molecule is CCCOc1ccc(Br)cc1C1C(C(=O)OC)=C(C)Nc2ncnn21. The van der Waals surface area contributed by atoms with Crippen molar-refractivity contribution < 1.29 is 14.3 Å². The van der Waals surface area contributed by atoms with Crippen molar-refractivity contribution in [3.8, 4) is 5.75 Å². The molecule has 0 fully saturated rings.